The van der Waals surface area contributed by atoms with Gasteiger partial charge in [0, 0.05) is 5.69 Å². The van der Waals surface area contributed by atoms with Crippen LogP contribution in [0.1, 0.15) is 0 Å². The molecule has 5 atom stereocenters. The number of carbonyl (C=O) groups is 1. The number of aliphatic hydroxyl groups is 3. The van der Waals surface area contributed by atoms with E-state index >= 15 is 0 Å². The summed E-state index contributed by atoms with van der Waals surface area (Å²) < 4.78 is 33.2. The number of primary sulfonamides is 1. The van der Waals surface area contributed by atoms with Crippen molar-refractivity contribution in [3.8, 4) is 5.75 Å². The summed E-state index contributed by atoms with van der Waals surface area (Å²) in [5.74, 6) is -1.98. The lowest BCUT2D eigenvalue weighted by Crippen LogP contribution is -2.61. The zero-order valence-corrected chi connectivity index (χ0v) is 12.8. The molecule has 1 saturated heterocycles. The summed E-state index contributed by atoms with van der Waals surface area (Å²) in [6.45, 7) is 0. The quantitative estimate of drug-likeness (QED) is 0.302. The Labute approximate surface area is 136 Å². The van der Waals surface area contributed by atoms with E-state index in [-0.39, 0.29) is 11.4 Å². The van der Waals surface area contributed by atoms with E-state index in [0.717, 1.165) is 12.1 Å². The van der Waals surface area contributed by atoms with Crippen molar-refractivity contribution in [2.45, 2.75) is 35.6 Å². The lowest BCUT2D eigenvalue weighted by Gasteiger charge is -2.38. The van der Waals surface area contributed by atoms with Crippen LogP contribution in [0.25, 0.3) is 0 Å². The molecule has 0 saturated carbocycles. The van der Waals surface area contributed by atoms with Gasteiger partial charge in [0.1, 0.15) is 29.0 Å². The standard InChI is InChI=1S/C12H16N2O9S/c13-4-1-2-5(6(3-4)24(14,20)21)22-12-9(17)7(15)8(16)10(23-12)11(18)19/h1-3,7-10,12,15-17H,13H2,(H,18,19)(H2,14,20,21). The van der Waals surface area contributed by atoms with Crippen molar-refractivity contribution in [2.24, 2.45) is 5.14 Å². The molecule has 12 heteroatoms. The topological polar surface area (TPSA) is 203 Å². The highest BCUT2D eigenvalue weighted by molar-refractivity contribution is 7.89. The molecule has 1 aliphatic heterocycles. The van der Waals surface area contributed by atoms with Crippen LogP contribution in [-0.4, -0.2) is 65.5 Å². The molecule has 1 fully saturated rings. The first-order valence-corrected chi connectivity index (χ1v) is 8.08. The van der Waals surface area contributed by atoms with Gasteiger partial charge in [-0.3, -0.25) is 0 Å². The number of nitrogen functional groups attached to an aromatic ring is 1. The van der Waals surface area contributed by atoms with Crippen LogP contribution in [0.4, 0.5) is 5.69 Å². The largest absolute Gasteiger partial charge is 0.479 e. The molecule has 0 amide bonds. The number of sulfonamides is 1. The predicted molar refractivity (Wildman–Crippen MR) is 77.2 cm³/mol. The molecule has 1 aliphatic rings. The van der Waals surface area contributed by atoms with E-state index in [1.807, 2.05) is 0 Å². The van der Waals surface area contributed by atoms with Gasteiger partial charge in [-0.2, -0.15) is 0 Å². The smallest absolute Gasteiger partial charge is 0.335 e. The minimum absolute atomic E-state index is 0.0651. The molecule has 24 heavy (non-hydrogen) atoms. The second-order valence-electron chi connectivity index (χ2n) is 5.10. The lowest BCUT2D eigenvalue weighted by atomic mass is 9.99. The molecule has 1 aromatic carbocycles. The van der Waals surface area contributed by atoms with Gasteiger partial charge in [-0.25, -0.2) is 18.4 Å². The maximum absolute atomic E-state index is 11.6. The molecular formula is C12H16N2O9S. The first-order valence-electron chi connectivity index (χ1n) is 6.54. The summed E-state index contributed by atoms with van der Waals surface area (Å²) in [7, 11) is -4.25. The van der Waals surface area contributed by atoms with E-state index in [4.69, 9.17) is 25.5 Å². The Bertz CT molecular complexity index is 738. The van der Waals surface area contributed by atoms with E-state index in [2.05, 4.69) is 0 Å². The van der Waals surface area contributed by atoms with Crippen molar-refractivity contribution in [2.75, 3.05) is 5.73 Å². The van der Waals surface area contributed by atoms with Crippen LogP contribution >= 0.6 is 0 Å². The monoisotopic (exact) mass is 364 g/mol. The third kappa shape index (κ3) is 3.58. The maximum atomic E-state index is 11.6. The Morgan fingerprint density at radius 1 is 1.17 bits per heavy atom. The fourth-order valence-corrected chi connectivity index (χ4v) is 2.82. The van der Waals surface area contributed by atoms with Crippen LogP contribution in [0.3, 0.4) is 0 Å². The fourth-order valence-electron chi connectivity index (χ4n) is 2.12. The van der Waals surface area contributed by atoms with Crippen molar-refractivity contribution in [1.82, 2.24) is 0 Å². The molecule has 11 nitrogen and oxygen atoms in total. The van der Waals surface area contributed by atoms with Gasteiger partial charge in [0.15, 0.2) is 6.10 Å². The highest BCUT2D eigenvalue weighted by Gasteiger charge is 2.48. The summed E-state index contributed by atoms with van der Waals surface area (Å²) in [6.07, 6.45) is -9.30. The normalized spacial score (nSPS) is 30.8. The molecule has 0 bridgehead atoms. The molecular weight excluding hydrogens is 348 g/mol. The number of benzene rings is 1. The summed E-state index contributed by atoms with van der Waals surface area (Å²) in [5.41, 5.74) is 5.54. The predicted octanol–water partition coefficient (Wildman–Crippen LogP) is -2.81. The van der Waals surface area contributed by atoms with Crippen molar-refractivity contribution in [3.63, 3.8) is 0 Å². The summed E-state index contributed by atoms with van der Waals surface area (Å²) in [4.78, 5) is 10.5. The van der Waals surface area contributed by atoms with Crippen LogP contribution in [0.2, 0.25) is 0 Å². The minimum Gasteiger partial charge on any atom is -0.479 e. The first kappa shape index (κ1) is 18.4. The zero-order chi connectivity index (χ0) is 18.2. The Balaban J connectivity index is 2.35. The molecule has 8 N–H and O–H groups in total. The minimum atomic E-state index is -4.25. The molecule has 0 radical (unpaired) electrons. The Morgan fingerprint density at radius 3 is 2.33 bits per heavy atom. The number of hydrogen-bond acceptors (Lipinski definition) is 9. The van der Waals surface area contributed by atoms with Gasteiger partial charge in [0.2, 0.25) is 16.3 Å². The number of ether oxygens (including phenoxy) is 2. The van der Waals surface area contributed by atoms with Crippen molar-refractivity contribution in [1.29, 1.82) is 0 Å². The van der Waals surface area contributed by atoms with Gasteiger partial charge in [-0.05, 0) is 18.2 Å². The molecule has 2 rings (SSSR count). The molecule has 0 aromatic heterocycles. The molecule has 0 spiro atoms. The van der Waals surface area contributed by atoms with Crippen molar-refractivity contribution in [3.05, 3.63) is 18.2 Å². The van der Waals surface area contributed by atoms with Gasteiger partial charge in [-0.1, -0.05) is 0 Å². The van der Waals surface area contributed by atoms with Crippen LogP contribution in [-0.2, 0) is 19.6 Å². The lowest BCUT2D eigenvalue weighted by molar-refractivity contribution is -0.271. The Morgan fingerprint density at radius 2 is 1.79 bits per heavy atom. The highest BCUT2D eigenvalue weighted by atomic mass is 32.2. The van der Waals surface area contributed by atoms with E-state index in [9.17, 15) is 28.5 Å². The second-order valence-corrected chi connectivity index (χ2v) is 6.63. The van der Waals surface area contributed by atoms with Gasteiger partial charge in [-0.15, -0.1) is 0 Å². The first-order chi connectivity index (χ1) is 11.0. The summed E-state index contributed by atoms with van der Waals surface area (Å²) in [5, 5.41) is 43.1. The van der Waals surface area contributed by atoms with Gasteiger partial charge in [0.05, 0.1) is 0 Å². The zero-order valence-electron chi connectivity index (χ0n) is 12.0. The summed E-state index contributed by atoms with van der Waals surface area (Å²) >= 11 is 0. The average molecular weight is 364 g/mol. The highest BCUT2D eigenvalue weighted by Crippen LogP contribution is 2.30. The molecule has 0 aliphatic carbocycles. The number of anilines is 1. The fraction of sp³-hybridized carbons (Fsp3) is 0.417. The third-order valence-electron chi connectivity index (χ3n) is 3.33. The molecule has 5 unspecified atom stereocenters. The summed E-state index contributed by atoms with van der Waals surface area (Å²) in [6, 6.07) is 3.40. The van der Waals surface area contributed by atoms with E-state index in [1.165, 1.54) is 6.07 Å². The Kier molecular flexibility index (Phi) is 4.98. The van der Waals surface area contributed by atoms with Crippen molar-refractivity contribution >= 4 is 21.7 Å². The number of aliphatic hydroxyl groups excluding tert-OH is 3. The number of rotatable bonds is 4. The molecule has 1 aromatic rings. The van der Waals surface area contributed by atoms with Crippen LogP contribution in [0.5, 0.6) is 5.75 Å². The molecule has 134 valence electrons. The van der Waals surface area contributed by atoms with E-state index in [1.54, 1.807) is 0 Å². The van der Waals surface area contributed by atoms with Crippen LogP contribution in [0, 0.1) is 0 Å². The van der Waals surface area contributed by atoms with Crippen LogP contribution in [0.15, 0.2) is 23.1 Å². The van der Waals surface area contributed by atoms with Crippen LogP contribution < -0.4 is 15.6 Å². The maximum Gasteiger partial charge on any atom is 0.335 e. The average Bonchev–Trinajstić information content (AvgIpc) is 2.48. The van der Waals surface area contributed by atoms with Gasteiger partial charge >= 0.3 is 5.97 Å². The van der Waals surface area contributed by atoms with Crippen molar-refractivity contribution < 1.29 is 43.1 Å². The van der Waals surface area contributed by atoms with E-state index < -0.39 is 51.6 Å². The van der Waals surface area contributed by atoms with Gasteiger partial charge in [0.25, 0.3) is 0 Å². The Hall–Kier alpha value is -1.96. The second kappa shape index (κ2) is 6.51. The number of carboxylic acids is 1. The van der Waals surface area contributed by atoms with Gasteiger partial charge < -0.3 is 35.6 Å². The SMILES string of the molecule is Nc1ccc(OC2OC(C(=O)O)C(O)C(O)C2O)c(S(N)(=O)=O)c1. The number of carboxylic acid groups (broad SMARTS) is 1. The third-order valence-corrected chi connectivity index (χ3v) is 4.26. The number of hydrogen-bond donors (Lipinski definition) is 6. The number of aliphatic carboxylic acids is 1. The number of nitrogens with two attached hydrogens (primary N) is 2. The van der Waals surface area contributed by atoms with E-state index in [0.29, 0.717) is 0 Å². The molecule has 1 heterocycles.